The molecular weight excluding hydrogens is 282 g/mol. The van der Waals surface area contributed by atoms with E-state index in [1.54, 1.807) is 0 Å². The maximum absolute atomic E-state index is 11.2. The van der Waals surface area contributed by atoms with Crippen LogP contribution in [0.5, 0.6) is 0 Å². The minimum atomic E-state index is -3.48. The van der Waals surface area contributed by atoms with Crippen molar-refractivity contribution in [1.29, 1.82) is 0 Å². The first-order valence-electron chi connectivity index (χ1n) is 5.08. The van der Waals surface area contributed by atoms with Crippen LogP contribution in [0.15, 0.2) is 0 Å². The van der Waals surface area contributed by atoms with Crippen LogP contribution < -0.4 is 15.4 Å². The molecule has 0 aliphatic rings. The number of carboxylic acid groups (broad SMARTS) is 2. The lowest BCUT2D eigenvalue weighted by atomic mass is 10.2. The highest BCUT2D eigenvalue weighted by Gasteiger charge is 2.22. The molecule has 10 nitrogen and oxygen atoms in total. The topological polar surface area (TPSA) is 162 Å². The second kappa shape index (κ2) is 7.53. The lowest BCUT2D eigenvalue weighted by Crippen LogP contribution is -2.48. The number of amides is 2. The van der Waals surface area contributed by atoms with Crippen molar-refractivity contribution in [3.63, 3.8) is 0 Å². The molecule has 0 aromatic rings. The maximum Gasteiger partial charge on any atom is 0.326 e. The van der Waals surface area contributed by atoms with Crippen molar-refractivity contribution in [2.75, 3.05) is 19.3 Å². The van der Waals surface area contributed by atoms with Crippen LogP contribution in [0.3, 0.4) is 0 Å². The minimum absolute atomic E-state index is 0.242. The van der Waals surface area contributed by atoms with E-state index in [1.807, 2.05) is 10.0 Å². The molecule has 0 radical (unpaired) electrons. The summed E-state index contributed by atoms with van der Waals surface area (Å²) in [7, 11) is -2.27. The number of aliphatic carboxylic acids is 2. The van der Waals surface area contributed by atoms with E-state index in [2.05, 4.69) is 5.32 Å². The van der Waals surface area contributed by atoms with Crippen LogP contribution in [0.25, 0.3) is 0 Å². The van der Waals surface area contributed by atoms with Gasteiger partial charge in [0.15, 0.2) is 0 Å². The third-order valence-corrected chi connectivity index (χ3v) is 3.31. The standard InChI is InChI=1S/C8H15N3O7S/c1-9-19(17,18)3-2-10-8(16)11-5(7(14)15)4-6(12)13/h5,9H,2-4H2,1H3,(H,12,13)(H,14,15)(H2,10,11,16)/t5-/m0/s1. The van der Waals surface area contributed by atoms with Gasteiger partial charge in [-0.1, -0.05) is 0 Å². The Labute approximate surface area is 109 Å². The number of carboxylic acids is 2. The number of urea groups is 1. The third-order valence-electron chi connectivity index (χ3n) is 1.95. The summed E-state index contributed by atoms with van der Waals surface area (Å²) in [6.07, 6.45) is -0.780. The molecule has 0 spiro atoms. The summed E-state index contributed by atoms with van der Waals surface area (Å²) in [5.41, 5.74) is 0. The third kappa shape index (κ3) is 7.94. The van der Waals surface area contributed by atoms with Gasteiger partial charge >= 0.3 is 18.0 Å². The van der Waals surface area contributed by atoms with Crippen LogP contribution in [-0.4, -0.2) is 62.0 Å². The average Bonchev–Trinajstić information content (AvgIpc) is 2.27. The summed E-state index contributed by atoms with van der Waals surface area (Å²) in [6.45, 7) is -0.242. The van der Waals surface area contributed by atoms with Crippen LogP contribution in [0, 0.1) is 0 Å². The van der Waals surface area contributed by atoms with Crippen molar-refractivity contribution in [3.8, 4) is 0 Å². The smallest absolute Gasteiger partial charge is 0.326 e. The lowest BCUT2D eigenvalue weighted by Gasteiger charge is -2.13. The first kappa shape index (κ1) is 17.1. The fourth-order valence-corrected chi connectivity index (χ4v) is 1.56. The Morgan fingerprint density at radius 1 is 1.21 bits per heavy atom. The predicted molar refractivity (Wildman–Crippen MR) is 63.1 cm³/mol. The molecule has 2 amide bonds. The Hall–Kier alpha value is -1.88. The van der Waals surface area contributed by atoms with E-state index in [9.17, 15) is 22.8 Å². The number of nitrogens with one attached hydrogen (secondary N) is 3. The number of hydrogen-bond acceptors (Lipinski definition) is 5. The van der Waals surface area contributed by atoms with Gasteiger partial charge in [-0.3, -0.25) is 4.79 Å². The second-order valence-electron chi connectivity index (χ2n) is 3.41. The molecule has 0 heterocycles. The Morgan fingerprint density at radius 2 is 1.79 bits per heavy atom. The van der Waals surface area contributed by atoms with Crippen LogP contribution in [0.4, 0.5) is 4.79 Å². The van der Waals surface area contributed by atoms with Gasteiger partial charge in [0.25, 0.3) is 0 Å². The number of sulfonamides is 1. The molecule has 1 atom stereocenters. The zero-order valence-corrected chi connectivity index (χ0v) is 10.9. The van der Waals surface area contributed by atoms with E-state index in [-0.39, 0.29) is 12.3 Å². The zero-order valence-electron chi connectivity index (χ0n) is 10.0. The van der Waals surface area contributed by atoms with Crippen molar-refractivity contribution in [2.45, 2.75) is 12.5 Å². The number of hydrogen-bond donors (Lipinski definition) is 5. The monoisotopic (exact) mass is 297 g/mol. The van der Waals surface area contributed by atoms with Gasteiger partial charge in [0.1, 0.15) is 6.04 Å². The van der Waals surface area contributed by atoms with Crippen molar-refractivity contribution < 1.29 is 33.0 Å². The molecule has 0 bridgehead atoms. The van der Waals surface area contributed by atoms with E-state index < -0.39 is 40.5 Å². The van der Waals surface area contributed by atoms with E-state index in [1.165, 1.54) is 7.05 Å². The molecule has 0 rings (SSSR count). The SMILES string of the molecule is CNS(=O)(=O)CCNC(=O)N[C@@H](CC(=O)O)C(=O)O. The number of carbonyl (C=O) groups is 3. The summed E-state index contributed by atoms with van der Waals surface area (Å²) in [6, 6.07) is -2.54. The van der Waals surface area contributed by atoms with Gasteiger partial charge in [-0.15, -0.1) is 0 Å². The predicted octanol–water partition coefficient (Wildman–Crippen LogP) is -2.24. The summed E-state index contributed by atoms with van der Waals surface area (Å²) in [5.74, 6) is -3.26. The lowest BCUT2D eigenvalue weighted by molar-refractivity contribution is -0.145. The quantitative estimate of drug-likeness (QED) is 0.338. The molecule has 0 saturated carbocycles. The zero-order chi connectivity index (χ0) is 15.1. The summed E-state index contributed by atoms with van der Waals surface area (Å²) in [5, 5.41) is 21.1. The van der Waals surface area contributed by atoms with Crippen molar-refractivity contribution in [3.05, 3.63) is 0 Å². The molecule has 0 aliphatic heterocycles. The largest absolute Gasteiger partial charge is 0.481 e. The molecule has 0 aliphatic carbocycles. The first-order valence-corrected chi connectivity index (χ1v) is 6.73. The van der Waals surface area contributed by atoms with Crippen molar-refractivity contribution in [2.24, 2.45) is 0 Å². The Balaban J connectivity index is 4.21. The van der Waals surface area contributed by atoms with Crippen LogP contribution in [0.1, 0.15) is 6.42 Å². The Kier molecular flexibility index (Phi) is 6.79. The average molecular weight is 297 g/mol. The molecule has 5 N–H and O–H groups in total. The molecule has 110 valence electrons. The highest BCUT2D eigenvalue weighted by molar-refractivity contribution is 7.89. The van der Waals surface area contributed by atoms with Gasteiger partial charge in [-0.2, -0.15) is 0 Å². The number of rotatable bonds is 8. The maximum atomic E-state index is 11.2. The number of carbonyl (C=O) groups excluding carboxylic acids is 1. The Bertz CT molecular complexity index is 447. The van der Waals surface area contributed by atoms with E-state index >= 15 is 0 Å². The van der Waals surface area contributed by atoms with E-state index in [4.69, 9.17) is 10.2 Å². The molecular formula is C8H15N3O7S. The van der Waals surface area contributed by atoms with E-state index in [0.29, 0.717) is 0 Å². The summed E-state index contributed by atoms with van der Waals surface area (Å²) >= 11 is 0. The normalized spacial score (nSPS) is 12.5. The van der Waals surface area contributed by atoms with Gasteiger partial charge in [-0.25, -0.2) is 22.7 Å². The highest BCUT2D eigenvalue weighted by Crippen LogP contribution is 1.92. The Morgan fingerprint density at radius 3 is 2.21 bits per heavy atom. The molecule has 11 heteroatoms. The van der Waals surface area contributed by atoms with Gasteiger partial charge in [0.05, 0.1) is 12.2 Å². The summed E-state index contributed by atoms with van der Waals surface area (Å²) < 4.78 is 24.0. The molecule has 19 heavy (non-hydrogen) atoms. The molecule has 0 unspecified atom stereocenters. The van der Waals surface area contributed by atoms with Crippen LogP contribution in [0.2, 0.25) is 0 Å². The van der Waals surface area contributed by atoms with Gasteiger partial charge < -0.3 is 20.8 Å². The highest BCUT2D eigenvalue weighted by atomic mass is 32.2. The van der Waals surface area contributed by atoms with Gasteiger partial charge in [0, 0.05) is 6.54 Å². The van der Waals surface area contributed by atoms with E-state index in [0.717, 1.165) is 0 Å². The van der Waals surface area contributed by atoms with Crippen molar-refractivity contribution in [1.82, 2.24) is 15.4 Å². The molecule has 0 aromatic carbocycles. The van der Waals surface area contributed by atoms with Crippen LogP contribution in [-0.2, 0) is 19.6 Å². The second-order valence-corrected chi connectivity index (χ2v) is 5.46. The fourth-order valence-electron chi connectivity index (χ4n) is 0.985. The molecule has 0 saturated heterocycles. The molecule has 0 aromatic heterocycles. The molecule has 0 fully saturated rings. The minimum Gasteiger partial charge on any atom is -0.481 e. The first-order chi connectivity index (χ1) is 8.68. The van der Waals surface area contributed by atoms with Crippen molar-refractivity contribution >= 4 is 28.0 Å². The van der Waals surface area contributed by atoms with Gasteiger partial charge in [0.2, 0.25) is 10.0 Å². The fraction of sp³-hybridized carbons (Fsp3) is 0.625. The van der Waals surface area contributed by atoms with Gasteiger partial charge in [-0.05, 0) is 7.05 Å². The van der Waals surface area contributed by atoms with Crippen LogP contribution >= 0.6 is 0 Å². The summed E-state index contributed by atoms with van der Waals surface area (Å²) in [4.78, 5) is 32.2.